The first-order valence-corrected chi connectivity index (χ1v) is 5.67. The zero-order chi connectivity index (χ0) is 12.3. The summed E-state index contributed by atoms with van der Waals surface area (Å²) in [5.74, 6) is 1.57. The number of nitrogens with zero attached hydrogens (tertiary/aromatic N) is 3. The van der Waals surface area contributed by atoms with E-state index in [9.17, 15) is 0 Å². The molecule has 0 aromatic carbocycles. The SMILES string of the molecule is CC(C)C(CN)c1nc(-c2ccccn2)no1. The molecule has 0 fully saturated rings. The first-order valence-electron chi connectivity index (χ1n) is 5.67. The zero-order valence-corrected chi connectivity index (χ0v) is 10.00. The molecule has 0 radical (unpaired) electrons. The van der Waals surface area contributed by atoms with E-state index in [1.807, 2.05) is 18.2 Å². The average molecular weight is 232 g/mol. The molecule has 1 atom stereocenters. The highest BCUT2D eigenvalue weighted by atomic mass is 16.5. The Labute approximate surface area is 100 Å². The minimum absolute atomic E-state index is 0.0972. The number of hydrogen-bond donors (Lipinski definition) is 1. The van der Waals surface area contributed by atoms with E-state index in [-0.39, 0.29) is 5.92 Å². The molecule has 0 spiro atoms. The van der Waals surface area contributed by atoms with Crippen molar-refractivity contribution in [2.75, 3.05) is 6.54 Å². The molecule has 0 aliphatic heterocycles. The molecule has 90 valence electrons. The lowest BCUT2D eigenvalue weighted by Gasteiger charge is -2.13. The summed E-state index contributed by atoms with van der Waals surface area (Å²) in [5.41, 5.74) is 6.42. The molecule has 5 heteroatoms. The van der Waals surface area contributed by atoms with E-state index in [0.717, 1.165) is 0 Å². The van der Waals surface area contributed by atoms with E-state index in [1.54, 1.807) is 6.20 Å². The van der Waals surface area contributed by atoms with Gasteiger partial charge in [-0.2, -0.15) is 4.98 Å². The second-order valence-corrected chi connectivity index (χ2v) is 4.26. The molecule has 5 nitrogen and oxygen atoms in total. The summed E-state index contributed by atoms with van der Waals surface area (Å²) in [4.78, 5) is 8.53. The Hall–Kier alpha value is -1.75. The van der Waals surface area contributed by atoms with Gasteiger partial charge in [0.15, 0.2) is 0 Å². The Morgan fingerprint density at radius 3 is 2.76 bits per heavy atom. The van der Waals surface area contributed by atoms with E-state index in [0.29, 0.717) is 29.9 Å². The van der Waals surface area contributed by atoms with Gasteiger partial charge in [0, 0.05) is 12.7 Å². The topological polar surface area (TPSA) is 77.8 Å². The maximum Gasteiger partial charge on any atom is 0.231 e. The predicted octanol–water partition coefficient (Wildman–Crippen LogP) is 1.83. The Bertz CT molecular complexity index is 466. The van der Waals surface area contributed by atoms with Crippen molar-refractivity contribution in [1.82, 2.24) is 15.1 Å². The summed E-state index contributed by atoms with van der Waals surface area (Å²) in [6.07, 6.45) is 1.70. The number of rotatable bonds is 4. The van der Waals surface area contributed by atoms with Gasteiger partial charge in [0.2, 0.25) is 11.7 Å². The van der Waals surface area contributed by atoms with Crippen LogP contribution in [0.25, 0.3) is 11.5 Å². The summed E-state index contributed by atoms with van der Waals surface area (Å²) < 4.78 is 5.25. The van der Waals surface area contributed by atoms with Gasteiger partial charge in [-0.15, -0.1) is 0 Å². The molecule has 0 aliphatic carbocycles. The van der Waals surface area contributed by atoms with E-state index < -0.39 is 0 Å². The van der Waals surface area contributed by atoms with Crippen molar-refractivity contribution in [2.24, 2.45) is 11.7 Å². The van der Waals surface area contributed by atoms with Crippen molar-refractivity contribution >= 4 is 0 Å². The van der Waals surface area contributed by atoms with Crippen molar-refractivity contribution in [3.8, 4) is 11.5 Å². The van der Waals surface area contributed by atoms with Gasteiger partial charge in [0.25, 0.3) is 0 Å². The fourth-order valence-corrected chi connectivity index (χ4v) is 1.64. The van der Waals surface area contributed by atoms with Crippen LogP contribution >= 0.6 is 0 Å². The van der Waals surface area contributed by atoms with Crippen molar-refractivity contribution in [1.29, 1.82) is 0 Å². The highest BCUT2D eigenvalue weighted by Gasteiger charge is 2.21. The minimum atomic E-state index is 0.0972. The number of aromatic nitrogens is 3. The summed E-state index contributed by atoms with van der Waals surface area (Å²) in [7, 11) is 0. The molecule has 2 heterocycles. The summed E-state index contributed by atoms with van der Waals surface area (Å²) in [5, 5.41) is 3.93. The third-order valence-electron chi connectivity index (χ3n) is 2.71. The quantitative estimate of drug-likeness (QED) is 0.870. The molecular formula is C12H16N4O. The van der Waals surface area contributed by atoms with Gasteiger partial charge in [0.1, 0.15) is 5.69 Å². The van der Waals surface area contributed by atoms with Crippen LogP contribution in [-0.4, -0.2) is 21.7 Å². The first-order chi connectivity index (χ1) is 8.22. The standard InChI is InChI=1S/C12H16N4O/c1-8(2)9(7-13)12-15-11(16-17-12)10-5-3-4-6-14-10/h3-6,8-9H,7,13H2,1-2H3. The van der Waals surface area contributed by atoms with Crippen molar-refractivity contribution in [3.05, 3.63) is 30.3 Å². The lowest BCUT2D eigenvalue weighted by molar-refractivity contribution is 0.324. The molecule has 0 aliphatic rings. The normalized spacial score (nSPS) is 12.9. The fraction of sp³-hybridized carbons (Fsp3) is 0.417. The molecule has 2 aromatic rings. The lowest BCUT2D eigenvalue weighted by Crippen LogP contribution is -2.18. The highest BCUT2D eigenvalue weighted by Crippen LogP contribution is 2.23. The predicted molar refractivity (Wildman–Crippen MR) is 64.2 cm³/mol. The van der Waals surface area contributed by atoms with Crippen LogP contribution in [0.5, 0.6) is 0 Å². The van der Waals surface area contributed by atoms with Gasteiger partial charge < -0.3 is 10.3 Å². The number of hydrogen-bond acceptors (Lipinski definition) is 5. The van der Waals surface area contributed by atoms with Gasteiger partial charge in [-0.1, -0.05) is 25.1 Å². The van der Waals surface area contributed by atoms with Crippen molar-refractivity contribution in [2.45, 2.75) is 19.8 Å². The van der Waals surface area contributed by atoms with Crippen LogP contribution < -0.4 is 5.73 Å². The van der Waals surface area contributed by atoms with E-state index in [1.165, 1.54) is 0 Å². The summed E-state index contributed by atoms with van der Waals surface area (Å²) in [6, 6.07) is 5.59. The van der Waals surface area contributed by atoms with Crippen LogP contribution in [0.15, 0.2) is 28.9 Å². The Morgan fingerprint density at radius 1 is 1.35 bits per heavy atom. The van der Waals surface area contributed by atoms with E-state index in [2.05, 4.69) is 29.0 Å². The molecule has 2 aromatic heterocycles. The van der Waals surface area contributed by atoms with E-state index in [4.69, 9.17) is 10.3 Å². The molecule has 0 saturated heterocycles. The highest BCUT2D eigenvalue weighted by molar-refractivity contribution is 5.47. The molecule has 0 bridgehead atoms. The molecule has 2 N–H and O–H groups in total. The maximum absolute atomic E-state index is 5.71. The van der Waals surface area contributed by atoms with Gasteiger partial charge >= 0.3 is 0 Å². The van der Waals surface area contributed by atoms with Crippen LogP contribution in [0.1, 0.15) is 25.7 Å². The van der Waals surface area contributed by atoms with Crippen LogP contribution in [0.2, 0.25) is 0 Å². The summed E-state index contributed by atoms with van der Waals surface area (Å²) in [6.45, 7) is 4.67. The summed E-state index contributed by atoms with van der Waals surface area (Å²) >= 11 is 0. The minimum Gasteiger partial charge on any atom is -0.339 e. The molecule has 0 saturated carbocycles. The molecule has 1 unspecified atom stereocenters. The van der Waals surface area contributed by atoms with E-state index >= 15 is 0 Å². The second-order valence-electron chi connectivity index (χ2n) is 4.26. The smallest absolute Gasteiger partial charge is 0.231 e. The Kier molecular flexibility index (Phi) is 3.49. The van der Waals surface area contributed by atoms with Gasteiger partial charge in [-0.25, -0.2) is 0 Å². The Balaban J connectivity index is 2.27. The number of pyridine rings is 1. The second kappa shape index (κ2) is 5.05. The van der Waals surface area contributed by atoms with Crippen LogP contribution in [0, 0.1) is 5.92 Å². The number of nitrogens with two attached hydrogens (primary N) is 1. The monoisotopic (exact) mass is 232 g/mol. The molecule has 17 heavy (non-hydrogen) atoms. The Morgan fingerprint density at radius 2 is 2.18 bits per heavy atom. The average Bonchev–Trinajstić information content (AvgIpc) is 2.80. The third-order valence-corrected chi connectivity index (χ3v) is 2.71. The van der Waals surface area contributed by atoms with Crippen molar-refractivity contribution < 1.29 is 4.52 Å². The van der Waals surface area contributed by atoms with Gasteiger partial charge in [0.05, 0.1) is 5.92 Å². The fourth-order valence-electron chi connectivity index (χ4n) is 1.64. The molecular weight excluding hydrogens is 216 g/mol. The largest absolute Gasteiger partial charge is 0.339 e. The third kappa shape index (κ3) is 2.50. The van der Waals surface area contributed by atoms with Crippen LogP contribution in [-0.2, 0) is 0 Å². The van der Waals surface area contributed by atoms with Gasteiger partial charge in [-0.3, -0.25) is 4.98 Å². The first kappa shape index (κ1) is 11.7. The zero-order valence-electron chi connectivity index (χ0n) is 10.00. The van der Waals surface area contributed by atoms with Crippen LogP contribution in [0.3, 0.4) is 0 Å². The molecule has 0 amide bonds. The van der Waals surface area contributed by atoms with Crippen molar-refractivity contribution in [3.63, 3.8) is 0 Å². The molecule has 2 rings (SSSR count). The lowest BCUT2D eigenvalue weighted by atomic mass is 9.96. The van der Waals surface area contributed by atoms with Crippen LogP contribution in [0.4, 0.5) is 0 Å². The maximum atomic E-state index is 5.71. The van der Waals surface area contributed by atoms with Gasteiger partial charge in [-0.05, 0) is 18.1 Å².